The van der Waals surface area contributed by atoms with E-state index in [0.717, 1.165) is 22.5 Å². The predicted molar refractivity (Wildman–Crippen MR) is 67.4 cm³/mol. The van der Waals surface area contributed by atoms with Gasteiger partial charge in [0.2, 0.25) is 0 Å². The molecule has 0 spiro atoms. The molecule has 0 radical (unpaired) electrons. The summed E-state index contributed by atoms with van der Waals surface area (Å²) in [5.41, 5.74) is 3.00. The molecule has 0 aliphatic heterocycles. The number of nitrogens with one attached hydrogen (secondary N) is 3. The highest BCUT2D eigenvalue weighted by Crippen LogP contribution is 2.17. The topological polar surface area (TPSA) is 86.5 Å². The number of fused-ring (bicyclic) bond motifs is 1. The molecule has 0 aliphatic rings. The fourth-order valence-corrected chi connectivity index (χ4v) is 1.79. The number of carbonyl (C=O) groups excluding carboxylic acids is 1. The van der Waals surface area contributed by atoms with Gasteiger partial charge in [-0.25, -0.2) is 4.98 Å². The monoisotopic (exact) mass is 241 g/mol. The number of aromatic nitrogens is 4. The Balaban J connectivity index is 1.88. The number of aryl methyl sites for hydroxylation is 1. The first-order valence-electron chi connectivity index (χ1n) is 5.49. The summed E-state index contributed by atoms with van der Waals surface area (Å²) in [6.07, 6.45) is 3.03. The first kappa shape index (κ1) is 10.5. The second-order valence-electron chi connectivity index (χ2n) is 4.00. The second kappa shape index (κ2) is 3.99. The van der Waals surface area contributed by atoms with Crippen molar-refractivity contribution < 1.29 is 4.79 Å². The van der Waals surface area contributed by atoms with Crippen LogP contribution in [0.1, 0.15) is 16.2 Å². The maximum absolute atomic E-state index is 11.8. The summed E-state index contributed by atoms with van der Waals surface area (Å²) < 4.78 is 0. The molecule has 1 amide bonds. The molecule has 3 aromatic rings. The highest BCUT2D eigenvalue weighted by atomic mass is 16.1. The molecule has 6 nitrogen and oxygen atoms in total. The predicted octanol–water partition coefficient (Wildman–Crippen LogP) is 1.85. The van der Waals surface area contributed by atoms with Gasteiger partial charge in [0.1, 0.15) is 5.82 Å². The lowest BCUT2D eigenvalue weighted by molar-refractivity contribution is 0.102. The average molecular weight is 241 g/mol. The van der Waals surface area contributed by atoms with E-state index in [1.54, 1.807) is 6.20 Å². The summed E-state index contributed by atoms with van der Waals surface area (Å²) in [7, 11) is 0. The molecule has 2 heterocycles. The molecule has 90 valence electrons. The molecule has 1 aromatic carbocycles. The van der Waals surface area contributed by atoms with Gasteiger partial charge in [-0.15, -0.1) is 0 Å². The Hall–Kier alpha value is -2.63. The SMILES string of the molecule is Cc1nc2ccc(NC(=O)c3cn[nH]c3)cc2[nH]1. The summed E-state index contributed by atoms with van der Waals surface area (Å²) >= 11 is 0. The number of hydrogen-bond acceptors (Lipinski definition) is 3. The van der Waals surface area contributed by atoms with Crippen molar-refractivity contribution in [3.05, 3.63) is 42.0 Å². The van der Waals surface area contributed by atoms with Crippen molar-refractivity contribution in [2.75, 3.05) is 5.32 Å². The Bertz CT molecular complexity index is 698. The molecular weight excluding hydrogens is 230 g/mol. The fraction of sp³-hybridized carbons (Fsp3) is 0.0833. The largest absolute Gasteiger partial charge is 0.342 e. The van der Waals surface area contributed by atoms with Crippen LogP contribution >= 0.6 is 0 Å². The van der Waals surface area contributed by atoms with Crippen LogP contribution in [0.5, 0.6) is 0 Å². The maximum atomic E-state index is 11.8. The summed E-state index contributed by atoms with van der Waals surface area (Å²) in [5, 5.41) is 9.14. The number of H-pyrrole nitrogens is 2. The number of carbonyl (C=O) groups is 1. The second-order valence-corrected chi connectivity index (χ2v) is 4.00. The quantitative estimate of drug-likeness (QED) is 0.639. The van der Waals surface area contributed by atoms with Gasteiger partial charge in [-0.3, -0.25) is 9.89 Å². The highest BCUT2D eigenvalue weighted by molar-refractivity contribution is 6.04. The number of amides is 1. The summed E-state index contributed by atoms with van der Waals surface area (Å²) in [5.74, 6) is 0.655. The van der Waals surface area contributed by atoms with E-state index in [1.165, 1.54) is 6.20 Å². The standard InChI is InChI=1S/C12H11N5O/c1-7-15-10-3-2-9(4-11(10)16-7)17-12(18)8-5-13-14-6-8/h2-6H,1H3,(H,13,14)(H,15,16)(H,17,18). The lowest BCUT2D eigenvalue weighted by Gasteiger charge is -2.02. The molecule has 0 unspecified atom stereocenters. The molecular formula is C12H11N5O. The smallest absolute Gasteiger partial charge is 0.258 e. The van der Waals surface area contributed by atoms with Gasteiger partial charge in [0.15, 0.2) is 0 Å². The summed E-state index contributed by atoms with van der Waals surface area (Å²) in [6, 6.07) is 5.54. The van der Waals surface area contributed by atoms with Crippen LogP contribution in [0.4, 0.5) is 5.69 Å². The van der Waals surface area contributed by atoms with Gasteiger partial charge in [-0.1, -0.05) is 0 Å². The molecule has 0 atom stereocenters. The van der Waals surface area contributed by atoms with E-state index >= 15 is 0 Å². The van der Waals surface area contributed by atoms with Crippen molar-refractivity contribution in [1.29, 1.82) is 0 Å². The van der Waals surface area contributed by atoms with E-state index in [9.17, 15) is 4.79 Å². The minimum Gasteiger partial charge on any atom is -0.342 e. The molecule has 0 bridgehead atoms. The third kappa shape index (κ3) is 1.84. The van der Waals surface area contributed by atoms with Gasteiger partial charge in [-0.2, -0.15) is 5.10 Å². The van der Waals surface area contributed by atoms with Crippen LogP contribution in [0, 0.1) is 6.92 Å². The number of imidazole rings is 1. The zero-order valence-electron chi connectivity index (χ0n) is 9.69. The van der Waals surface area contributed by atoms with Crippen molar-refractivity contribution in [2.45, 2.75) is 6.92 Å². The average Bonchev–Trinajstić information content (AvgIpc) is 2.95. The fourth-order valence-electron chi connectivity index (χ4n) is 1.79. The molecule has 2 aromatic heterocycles. The summed E-state index contributed by atoms with van der Waals surface area (Å²) in [4.78, 5) is 19.2. The third-order valence-corrected chi connectivity index (χ3v) is 2.62. The van der Waals surface area contributed by atoms with Crippen LogP contribution in [0.25, 0.3) is 11.0 Å². The first-order valence-corrected chi connectivity index (χ1v) is 5.49. The molecule has 3 N–H and O–H groups in total. The molecule has 0 fully saturated rings. The maximum Gasteiger partial charge on any atom is 0.258 e. The van der Waals surface area contributed by atoms with Gasteiger partial charge in [0.05, 0.1) is 22.8 Å². The number of aromatic amines is 2. The van der Waals surface area contributed by atoms with Crippen LogP contribution < -0.4 is 5.32 Å². The first-order chi connectivity index (χ1) is 8.72. The molecule has 6 heteroatoms. The minimum atomic E-state index is -0.195. The van der Waals surface area contributed by atoms with Crippen molar-refractivity contribution in [2.24, 2.45) is 0 Å². The third-order valence-electron chi connectivity index (χ3n) is 2.62. The Kier molecular flexibility index (Phi) is 2.33. The minimum absolute atomic E-state index is 0.195. The molecule has 3 rings (SSSR count). The Morgan fingerprint density at radius 2 is 2.28 bits per heavy atom. The molecule has 0 aliphatic carbocycles. The van der Waals surface area contributed by atoms with E-state index in [1.807, 2.05) is 25.1 Å². The van der Waals surface area contributed by atoms with Crippen LogP contribution in [0.2, 0.25) is 0 Å². The zero-order chi connectivity index (χ0) is 12.5. The number of hydrogen-bond donors (Lipinski definition) is 3. The summed E-state index contributed by atoms with van der Waals surface area (Å²) in [6.45, 7) is 1.89. The normalized spacial score (nSPS) is 10.7. The van der Waals surface area contributed by atoms with Gasteiger partial charge >= 0.3 is 0 Å². The van der Waals surface area contributed by atoms with Crippen molar-refractivity contribution >= 4 is 22.6 Å². The molecule has 0 saturated carbocycles. The Morgan fingerprint density at radius 1 is 1.39 bits per heavy atom. The number of anilines is 1. The van der Waals surface area contributed by atoms with E-state index in [0.29, 0.717) is 5.56 Å². The van der Waals surface area contributed by atoms with Crippen molar-refractivity contribution in [3.8, 4) is 0 Å². The van der Waals surface area contributed by atoms with Crippen LogP contribution in [0.15, 0.2) is 30.6 Å². The number of nitrogens with zero attached hydrogens (tertiary/aromatic N) is 2. The highest BCUT2D eigenvalue weighted by Gasteiger charge is 2.08. The van der Waals surface area contributed by atoms with Gasteiger partial charge in [-0.05, 0) is 25.1 Å². The van der Waals surface area contributed by atoms with Crippen LogP contribution in [-0.2, 0) is 0 Å². The molecule has 0 saturated heterocycles. The Labute approximate surface area is 102 Å². The van der Waals surface area contributed by atoms with Crippen molar-refractivity contribution in [1.82, 2.24) is 20.2 Å². The van der Waals surface area contributed by atoms with Crippen LogP contribution in [0.3, 0.4) is 0 Å². The molecule has 18 heavy (non-hydrogen) atoms. The van der Waals surface area contributed by atoms with Gasteiger partial charge in [0.25, 0.3) is 5.91 Å². The van der Waals surface area contributed by atoms with E-state index in [4.69, 9.17) is 0 Å². The lowest BCUT2D eigenvalue weighted by atomic mass is 10.2. The number of rotatable bonds is 2. The van der Waals surface area contributed by atoms with Gasteiger partial charge in [0, 0.05) is 11.9 Å². The van der Waals surface area contributed by atoms with Crippen LogP contribution in [-0.4, -0.2) is 26.1 Å². The lowest BCUT2D eigenvalue weighted by Crippen LogP contribution is -2.10. The van der Waals surface area contributed by atoms with Crippen molar-refractivity contribution in [3.63, 3.8) is 0 Å². The van der Waals surface area contributed by atoms with E-state index < -0.39 is 0 Å². The van der Waals surface area contributed by atoms with E-state index in [-0.39, 0.29) is 5.91 Å². The Morgan fingerprint density at radius 3 is 3.06 bits per heavy atom. The number of benzene rings is 1. The zero-order valence-corrected chi connectivity index (χ0v) is 9.69. The van der Waals surface area contributed by atoms with E-state index in [2.05, 4.69) is 25.5 Å². The van der Waals surface area contributed by atoms with Gasteiger partial charge < -0.3 is 10.3 Å².